The van der Waals surface area contributed by atoms with Crippen LogP contribution in [0, 0.1) is 19.7 Å². The summed E-state index contributed by atoms with van der Waals surface area (Å²) in [7, 11) is 0. The molecule has 1 heterocycles. The molecule has 0 fully saturated rings. The van der Waals surface area contributed by atoms with Crippen LogP contribution in [0.25, 0.3) is 11.3 Å². The molecule has 0 bridgehead atoms. The maximum absolute atomic E-state index is 13.6. The largest absolute Gasteiger partial charge is 0.506 e. The molecule has 0 aliphatic heterocycles. The summed E-state index contributed by atoms with van der Waals surface area (Å²) in [5.74, 6) is -0.666. The van der Waals surface area contributed by atoms with Crippen LogP contribution in [0.4, 0.5) is 4.39 Å². The molecule has 0 spiro atoms. The lowest BCUT2D eigenvalue weighted by Crippen LogP contribution is -1.92. The van der Waals surface area contributed by atoms with E-state index in [-0.39, 0.29) is 11.4 Å². The van der Waals surface area contributed by atoms with Crippen molar-refractivity contribution in [3.8, 4) is 17.0 Å². The minimum Gasteiger partial charge on any atom is -0.506 e. The molecule has 82 valence electrons. The standard InChI is InChI=1S/C13H12FNO/c1-8-3-4-9(2)11(5-8)13-12(14)6-10(16)7-15-13/h3-7,16H,1-2H3. The number of hydrogen-bond donors (Lipinski definition) is 1. The zero-order valence-corrected chi connectivity index (χ0v) is 9.16. The summed E-state index contributed by atoms with van der Waals surface area (Å²) >= 11 is 0. The Kier molecular flexibility index (Phi) is 2.60. The first kappa shape index (κ1) is 10.6. The summed E-state index contributed by atoms with van der Waals surface area (Å²) in [6.07, 6.45) is 1.25. The van der Waals surface area contributed by atoms with Crippen LogP contribution in [-0.2, 0) is 0 Å². The number of pyridine rings is 1. The molecule has 0 aliphatic rings. The number of hydrogen-bond acceptors (Lipinski definition) is 2. The molecule has 16 heavy (non-hydrogen) atoms. The molecule has 0 unspecified atom stereocenters. The zero-order chi connectivity index (χ0) is 11.7. The predicted molar refractivity (Wildman–Crippen MR) is 60.8 cm³/mol. The van der Waals surface area contributed by atoms with Gasteiger partial charge in [0.15, 0.2) is 5.82 Å². The summed E-state index contributed by atoms with van der Waals surface area (Å²) in [6.45, 7) is 3.85. The average Bonchev–Trinajstić information content (AvgIpc) is 2.22. The molecule has 1 aromatic carbocycles. The van der Waals surface area contributed by atoms with Crippen molar-refractivity contribution in [2.24, 2.45) is 0 Å². The molecule has 0 radical (unpaired) electrons. The van der Waals surface area contributed by atoms with Crippen molar-refractivity contribution in [3.63, 3.8) is 0 Å². The van der Waals surface area contributed by atoms with Gasteiger partial charge >= 0.3 is 0 Å². The van der Waals surface area contributed by atoms with E-state index in [1.165, 1.54) is 6.20 Å². The van der Waals surface area contributed by atoms with Gasteiger partial charge in [-0.3, -0.25) is 0 Å². The molecule has 0 atom stereocenters. The van der Waals surface area contributed by atoms with Crippen LogP contribution in [0.15, 0.2) is 30.5 Å². The lowest BCUT2D eigenvalue weighted by Gasteiger charge is -2.07. The Morgan fingerprint density at radius 3 is 2.62 bits per heavy atom. The fourth-order valence-electron chi connectivity index (χ4n) is 1.62. The Morgan fingerprint density at radius 2 is 1.94 bits per heavy atom. The number of aromatic hydroxyl groups is 1. The molecule has 2 aromatic rings. The van der Waals surface area contributed by atoms with E-state index < -0.39 is 5.82 Å². The molecule has 2 nitrogen and oxygen atoms in total. The summed E-state index contributed by atoms with van der Waals surface area (Å²) in [6, 6.07) is 6.86. The van der Waals surface area contributed by atoms with Gasteiger partial charge in [0.1, 0.15) is 11.4 Å². The van der Waals surface area contributed by atoms with E-state index in [1.54, 1.807) is 0 Å². The van der Waals surface area contributed by atoms with Gasteiger partial charge in [-0.25, -0.2) is 9.37 Å². The number of nitrogens with zero attached hydrogens (tertiary/aromatic N) is 1. The van der Waals surface area contributed by atoms with Crippen LogP contribution in [0.2, 0.25) is 0 Å². The van der Waals surface area contributed by atoms with Gasteiger partial charge in [0, 0.05) is 11.6 Å². The third-order valence-corrected chi connectivity index (χ3v) is 2.47. The highest BCUT2D eigenvalue weighted by Gasteiger charge is 2.10. The maximum atomic E-state index is 13.6. The van der Waals surface area contributed by atoms with Gasteiger partial charge in [-0.15, -0.1) is 0 Å². The van der Waals surface area contributed by atoms with E-state index >= 15 is 0 Å². The summed E-state index contributed by atoms with van der Waals surface area (Å²) in [4.78, 5) is 3.92. The molecule has 2 rings (SSSR count). The Bertz CT molecular complexity index is 537. The number of benzene rings is 1. The highest BCUT2D eigenvalue weighted by atomic mass is 19.1. The maximum Gasteiger partial charge on any atom is 0.153 e. The first-order valence-corrected chi connectivity index (χ1v) is 5.00. The fraction of sp³-hybridized carbons (Fsp3) is 0.154. The van der Waals surface area contributed by atoms with Crippen LogP contribution in [0.5, 0.6) is 5.75 Å². The normalized spacial score (nSPS) is 10.4. The lowest BCUT2D eigenvalue weighted by molar-refractivity contribution is 0.466. The Balaban J connectivity index is 2.62. The Morgan fingerprint density at radius 1 is 1.19 bits per heavy atom. The summed E-state index contributed by atoms with van der Waals surface area (Å²) < 4.78 is 13.6. The summed E-state index contributed by atoms with van der Waals surface area (Å²) in [5.41, 5.74) is 3.05. The minimum atomic E-state index is -0.506. The van der Waals surface area contributed by atoms with E-state index in [0.717, 1.165) is 22.8 Å². The Hall–Kier alpha value is -1.90. The van der Waals surface area contributed by atoms with E-state index in [4.69, 9.17) is 5.11 Å². The first-order valence-electron chi connectivity index (χ1n) is 5.00. The molecule has 0 saturated heterocycles. The average molecular weight is 217 g/mol. The van der Waals surface area contributed by atoms with E-state index in [2.05, 4.69) is 4.98 Å². The molecule has 1 aromatic heterocycles. The first-order chi connectivity index (χ1) is 7.58. The van der Waals surface area contributed by atoms with Crippen molar-refractivity contribution in [1.82, 2.24) is 4.98 Å². The van der Waals surface area contributed by atoms with E-state index in [9.17, 15) is 4.39 Å². The highest BCUT2D eigenvalue weighted by molar-refractivity contribution is 5.65. The SMILES string of the molecule is Cc1ccc(C)c(-c2ncc(O)cc2F)c1. The quantitative estimate of drug-likeness (QED) is 0.795. The predicted octanol–water partition coefficient (Wildman–Crippen LogP) is 3.21. The summed E-state index contributed by atoms with van der Waals surface area (Å²) in [5, 5.41) is 9.11. The third kappa shape index (κ3) is 1.89. The van der Waals surface area contributed by atoms with Gasteiger partial charge in [0.2, 0.25) is 0 Å². The van der Waals surface area contributed by atoms with Gasteiger partial charge in [0.25, 0.3) is 0 Å². The van der Waals surface area contributed by atoms with Crippen LogP contribution in [-0.4, -0.2) is 10.1 Å². The van der Waals surface area contributed by atoms with Crippen LogP contribution in [0.1, 0.15) is 11.1 Å². The van der Waals surface area contributed by atoms with Crippen molar-refractivity contribution in [3.05, 3.63) is 47.4 Å². The number of rotatable bonds is 1. The van der Waals surface area contributed by atoms with Gasteiger partial charge in [-0.2, -0.15) is 0 Å². The smallest absolute Gasteiger partial charge is 0.153 e. The monoisotopic (exact) mass is 217 g/mol. The van der Waals surface area contributed by atoms with Crippen molar-refractivity contribution in [2.75, 3.05) is 0 Å². The van der Waals surface area contributed by atoms with Gasteiger partial charge in [-0.1, -0.05) is 17.7 Å². The molecule has 1 N–H and O–H groups in total. The van der Waals surface area contributed by atoms with E-state index in [1.807, 2.05) is 32.0 Å². The second-order valence-electron chi connectivity index (χ2n) is 3.84. The topological polar surface area (TPSA) is 33.1 Å². The molecule has 0 aliphatic carbocycles. The number of aromatic nitrogens is 1. The molecule has 0 saturated carbocycles. The molecule has 0 amide bonds. The van der Waals surface area contributed by atoms with Gasteiger partial charge in [0.05, 0.1) is 6.20 Å². The van der Waals surface area contributed by atoms with Crippen molar-refractivity contribution in [2.45, 2.75) is 13.8 Å². The van der Waals surface area contributed by atoms with Crippen molar-refractivity contribution < 1.29 is 9.50 Å². The Labute approximate surface area is 93.4 Å². The van der Waals surface area contributed by atoms with Gasteiger partial charge < -0.3 is 5.11 Å². The number of halogens is 1. The molecular weight excluding hydrogens is 205 g/mol. The van der Waals surface area contributed by atoms with E-state index in [0.29, 0.717) is 0 Å². The van der Waals surface area contributed by atoms with Crippen LogP contribution < -0.4 is 0 Å². The van der Waals surface area contributed by atoms with Crippen LogP contribution in [0.3, 0.4) is 0 Å². The van der Waals surface area contributed by atoms with Crippen molar-refractivity contribution in [1.29, 1.82) is 0 Å². The minimum absolute atomic E-state index is 0.161. The molecule has 3 heteroatoms. The molecular formula is C13H12FNO. The highest BCUT2D eigenvalue weighted by Crippen LogP contribution is 2.26. The second kappa shape index (κ2) is 3.93. The second-order valence-corrected chi connectivity index (χ2v) is 3.84. The van der Waals surface area contributed by atoms with Crippen molar-refractivity contribution >= 4 is 0 Å². The van der Waals surface area contributed by atoms with Crippen LogP contribution >= 0.6 is 0 Å². The third-order valence-electron chi connectivity index (χ3n) is 2.47. The fourth-order valence-corrected chi connectivity index (χ4v) is 1.62. The number of aryl methyl sites for hydroxylation is 2. The zero-order valence-electron chi connectivity index (χ0n) is 9.16. The lowest BCUT2D eigenvalue weighted by atomic mass is 10.0. The van der Waals surface area contributed by atoms with Gasteiger partial charge in [-0.05, 0) is 25.5 Å².